The first-order chi connectivity index (χ1) is 9.97. The van der Waals surface area contributed by atoms with E-state index in [0.717, 1.165) is 0 Å². The fourth-order valence-electron chi connectivity index (χ4n) is 1.59. The molecule has 0 heterocycles. The summed E-state index contributed by atoms with van der Waals surface area (Å²) in [6.07, 6.45) is 0. The average molecular weight is 346 g/mol. The largest absolute Gasteiger partial charge is 0.481 e. The van der Waals surface area contributed by atoms with Crippen LogP contribution >= 0.6 is 34.8 Å². The van der Waals surface area contributed by atoms with Crippen molar-refractivity contribution in [2.24, 2.45) is 0 Å². The lowest BCUT2D eigenvalue weighted by Gasteiger charge is -2.11. The second-order valence-corrected chi connectivity index (χ2v) is 5.37. The number of nitrogens with two attached hydrogens (primary N) is 1. The van der Waals surface area contributed by atoms with Crippen LogP contribution in [0.3, 0.4) is 0 Å². The Morgan fingerprint density at radius 3 is 2.43 bits per heavy atom. The van der Waals surface area contributed by atoms with Gasteiger partial charge in [0.1, 0.15) is 0 Å². The fraction of sp³-hybridized carbons (Fsp3) is 0.0714. The monoisotopic (exact) mass is 344 g/mol. The number of benzene rings is 2. The fourth-order valence-corrected chi connectivity index (χ4v) is 2.28. The molecule has 0 aliphatic rings. The molecule has 0 radical (unpaired) electrons. The second-order valence-electron chi connectivity index (χ2n) is 4.12. The van der Waals surface area contributed by atoms with Crippen LogP contribution in [0, 0.1) is 0 Å². The van der Waals surface area contributed by atoms with Crippen LogP contribution in [-0.2, 0) is 4.79 Å². The number of hydrogen-bond acceptors (Lipinski definition) is 3. The third kappa shape index (κ3) is 4.17. The van der Waals surface area contributed by atoms with Crippen molar-refractivity contribution in [3.63, 3.8) is 0 Å². The number of anilines is 2. The van der Waals surface area contributed by atoms with Gasteiger partial charge in [-0.2, -0.15) is 0 Å². The summed E-state index contributed by atoms with van der Waals surface area (Å²) in [6.45, 7) is -0.245. The minimum Gasteiger partial charge on any atom is -0.481 e. The molecule has 7 heteroatoms. The molecule has 1 amide bonds. The van der Waals surface area contributed by atoms with Crippen molar-refractivity contribution in [1.29, 1.82) is 0 Å². The molecule has 0 unspecified atom stereocenters. The number of ether oxygens (including phenoxy) is 1. The molecule has 2 rings (SSSR count). The van der Waals surface area contributed by atoms with E-state index in [1.807, 2.05) is 0 Å². The lowest BCUT2D eigenvalue weighted by atomic mass is 10.2. The van der Waals surface area contributed by atoms with Crippen LogP contribution in [0.2, 0.25) is 15.1 Å². The Morgan fingerprint density at radius 2 is 1.81 bits per heavy atom. The van der Waals surface area contributed by atoms with Gasteiger partial charge in [0.2, 0.25) is 0 Å². The molecule has 0 aliphatic carbocycles. The highest BCUT2D eigenvalue weighted by Crippen LogP contribution is 2.32. The molecule has 0 saturated heterocycles. The SMILES string of the molecule is Nc1cc(Cl)ccc1NC(=O)COc1c(Cl)cccc1Cl. The number of carbonyl (C=O) groups is 1. The van der Waals surface area contributed by atoms with E-state index in [-0.39, 0.29) is 18.3 Å². The summed E-state index contributed by atoms with van der Waals surface area (Å²) in [5.41, 5.74) is 6.57. The number of nitrogens with one attached hydrogen (secondary N) is 1. The number of carbonyl (C=O) groups excluding carboxylic acids is 1. The first-order valence-electron chi connectivity index (χ1n) is 5.89. The molecular weight excluding hydrogens is 335 g/mol. The second kappa shape index (κ2) is 6.89. The van der Waals surface area contributed by atoms with Crippen LogP contribution < -0.4 is 15.8 Å². The standard InChI is InChI=1S/C14H11Cl3N2O2/c15-8-4-5-12(11(18)6-8)19-13(20)7-21-14-9(16)2-1-3-10(14)17/h1-6H,7,18H2,(H,19,20). The van der Waals surface area contributed by atoms with Gasteiger partial charge in [0.05, 0.1) is 21.4 Å². The van der Waals surface area contributed by atoms with Crippen LogP contribution in [0.5, 0.6) is 5.75 Å². The van der Waals surface area contributed by atoms with Gasteiger partial charge in [-0.3, -0.25) is 4.79 Å². The Kier molecular flexibility index (Phi) is 5.17. The van der Waals surface area contributed by atoms with Gasteiger partial charge in [-0.1, -0.05) is 40.9 Å². The molecule has 4 nitrogen and oxygen atoms in total. The zero-order valence-electron chi connectivity index (χ0n) is 10.7. The van der Waals surface area contributed by atoms with Crippen molar-refractivity contribution in [3.05, 3.63) is 51.5 Å². The number of para-hydroxylation sites is 1. The van der Waals surface area contributed by atoms with Gasteiger partial charge in [0.15, 0.2) is 12.4 Å². The predicted octanol–water partition coefficient (Wildman–Crippen LogP) is 4.25. The summed E-state index contributed by atoms with van der Waals surface area (Å²) in [6, 6.07) is 9.71. The van der Waals surface area contributed by atoms with E-state index in [4.69, 9.17) is 45.3 Å². The van der Waals surface area contributed by atoms with Gasteiger partial charge >= 0.3 is 0 Å². The predicted molar refractivity (Wildman–Crippen MR) is 86.5 cm³/mol. The lowest BCUT2D eigenvalue weighted by molar-refractivity contribution is -0.118. The number of hydrogen-bond donors (Lipinski definition) is 2. The zero-order valence-corrected chi connectivity index (χ0v) is 13.0. The maximum Gasteiger partial charge on any atom is 0.262 e. The summed E-state index contributed by atoms with van der Waals surface area (Å²) in [7, 11) is 0. The number of rotatable bonds is 4. The summed E-state index contributed by atoms with van der Waals surface area (Å²) in [5.74, 6) is -0.125. The molecule has 0 aliphatic heterocycles. The quantitative estimate of drug-likeness (QED) is 0.814. The highest BCUT2D eigenvalue weighted by Gasteiger charge is 2.10. The first kappa shape index (κ1) is 15.8. The maximum absolute atomic E-state index is 11.8. The van der Waals surface area contributed by atoms with E-state index in [1.165, 1.54) is 0 Å². The number of amides is 1. The first-order valence-corrected chi connectivity index (χ1v) is 7.02. The molecule has 2 aromatic carbocycles. The van der Waals surface area contributed by atoms with Crippen molar-refractivity contribution in [1.82, 2.24) is 0 Å². The highest BCUT2D eigenvalue weighted by atomic mass is 35.5. The van der Waals surface area contributed by atoms with Crippen molar-refractivity contribution in [2.75, 3.05) is 17.7 Å². The van der Waals surface area contributed by atoms with Crippen molar-refractivity contribution < 1.29 is 9.53 Å². The van der Waals surface area contributed by atoms with Crippen molar-refractivity contribution in [2.45, 2.75) is 0 Å². The Morgan fingerprint density at radius 1 is 1.14 bits per heavy atom. The molecule has 3 N–H and O–H groups in total. The van der Waals surface area contributed by atoms with E-state index >= 15 is 0 Å². The van der Waals surface area contributed by atoms with Gasteiger partial charge in [0.25, 0.3) is 5.91 Å². The molecular formula is C14H11Cl3N2O2. The minimum atomic E-state index is -0.389. The lowest BCUT2D eigenvalue weighted by Crippen LogP contribution is -2.21. The highest BCUT2D eigenvalue weighted by molar-refractivity contribution is 6.37. The van der Waals surface area contributed by atoms with Gasteiger partial charge in [-0.05, 0) is 30.3 Å². The van der Waals surface area contributed by atoms with E-state index in [0.29, 0.717) is 26.4 Å². The van der Waals surface area contributed by atoms with Gasteiger partial charge in [-0.25, -0.2) is 0 Å². The van der Waals surface area contributed by atoms with Crippen molar-refractivity contribution in [3.8, 4) is 5.75 Å². The zero-order chi connectivity index (χ0) is 15.4. The summed E-state index contributed by atoms with van der Waals surface area (Å²) in [5, 5.41) is 3.77. The Bertz CT molecular complexity index is 657. The molecule has 2 aromatic rings. The Labute approximate surface area is 136 Å². The van der Waals surface area contributed by atoms with E-state index in [2.05, 4.69) is 5.32 Å². The van der Waals surface area contributed by atoms with Crippen molar-refractivity contribution >= 4 is 52.1 Å². The maximum atomic E-state index is 11.8. The van der Waals surface area contributed by atoms with E-state index in [1.54, 1.807) is 36.4 Å². The smallest absolute Gasteiger partial charge is 0.262 e. The molecule has 0 saturated carbocycles. The van der Waals surface area contributed by atoms with Gasteiger partial charge in [-0.15, -0.1) is 0 Å². The molecule has 21 heavy (non-hydrogen) atoms. The molecule has 0 fully saturated rings. The molecule has 0 atom stereocenters. The van der Waals surface area contributed by atoms with Crippen LogP contribution in [0.4, 0.5) is 11.4 Å². The number of nitrogen functional groups attached to an aromatic ring is 1. The number of halogens is 3. The van der Waals surface area contributed by atoms with Gasteiger partial charge < -0.3 is 15.8 Å². The molecule has 110 valence electrons. The topological polar surface area (TPSA) is 64.3 Å². The molecule has 0 aromatic heterocycles. The summed E-state index contributed by atoms with van der Waals surface area (Å²) >= 11 is 17.7. The average Bonchev–Trinajstić information content (AvgIpc) is 2.41. The van der Waals surface area contributed by atoms with Crippen LogP contribution in [-0.4, -0.2) is 12.5 Å². The molecule has 0 bridgehead atoms. The molecule has 0 spiro atoms. The third-order valence-electron chi connectivity index (χ3n) is 2.55. The third-order valence-corrected chi connectivity index (χ3v) is 3.38. The van der Waals surface area contributed by atoms with E-state index in [9.17, 15) is 4.79 Å². The van der Waals surface area contributed by atoms with E-state index < -0.39 is 0 Å². The van der Waals surface area contributed by atoms with Crippen LogP contribution in [0.1, 0.15) is 0 Å². The Balaban J connectivity index is 1.99. The van der Waals surface area contributed by atoms with Gasteiger partial charge in [0, 0.05) is 5.02 Å². The summed E-state index contributed by atoms with van der Waals surface area (Å²) < 4.78 is 5.32. The summed E-state index contributed by atoms with van der Waals surface area (Å²) in [4.78, 5) is 11.8. The van der Waals surface area contributed by atoms with Crippen LogP contribution in [0.25, 0.3) is 0 Å². The minimum absolute atomic E-state index is 0.245. The Hall–Kier alpha value is -1.62. The van der Waals surface area contributed by atoms with Crippen LogP contribution in [0.15, 0.2) is 36.4 Å². The normalized spacial score (nSPS) is 10.2.